The summed E-state index contributed by atoms with van der Waals surface area (Å²) in [5, 5.41) is 12.8. The lowest BCUT2D eigenvalue weighted by atomic mass is 9.82. The molecule has 1 aromatic rings. The molecule has 0 radical (unpaired) electrons. The number of hydrogen-bond acceptors (Lipinski definition) is 4. The summed E-state index contributed by atoms with van der Waals surface area (Å²) in [4.78, 5) is 26.8. The van der Waals surface area contributed by atoms with Gasteiger partial charge in [0.05, 0.1) is 11.8 Å². The summed E-state index contributed by atoms with van der Waals surface area (Å²) in [5.74, 6) is -1.91. The van der Waals surface area contributed by atoms with Gasteiger partial charge in [-0.2, -0.15) is 0 Å². The Hall–Kier alpha value is -1.63. The molecular formula is C16H22ClN3O3. The Labute approximate surface area is 140 Å². The van der Waals surface area contributed by atoms with Gasteiger partial charge in [-0.15, -0.1) is 0 Å². The fourth-order valence-electron chi connectivity index (χ4n) is 2.95. The first-order valence-electron chi connectivity index (χ1n) is 7.77. The van der Waals surface area contributed by atoms with E-state index in [2.05, 4.69) is 5.32 Å². The van der Waals surface area contributed by atoms with Crippen LogP contribution in [0.3, 0.4) is 0 Å². The third-order valence-electron chi connectivity index (χ3n) is 4.21. The Balaban J connectivity index is 2.34. The Bertz CT molecular complexity index is 544. The zero-order valence-corrected chi connectivity index (χ0v) is 13.8. The average Bonchev–Trinajstić information content (AvgIpc) is 2.60. The van der Waals surface area contributed by atoms with Crippen LogP contribution in [0.25, 0.3) is 0 Å². The number of piperazine rings is 1. The highest BCUT2D eigenvalue weighted by Gasteiger charge is 2.36. The Morgan fingerprint density at radius 3 is 2.43 bits per heavy atom. The van der Waals surface area contributed by atoms with Gasteiger partial charge in [0.1, 0.15) is 0 Å². The van der Waals surface area contributed by atoms with E-state index < -0.39 is 17.7 Å². The maximum Gasteiger partial charge on any atom is 0.247 e. The topological polar surface area (TPSA) is 81.7 Å². The number of benzene rings is 1. The van der Waals surface area contributed by atoms with Crippen LogP contribution in [0.1, 0.15) is 24.8 Å². The molecule has 1 fully saturated rings. The zero-order chi connectivity index (χ0) is 16.8. The summed E-state index contributed by atoms with van der Waals surface area (Å²) in [5.41, 5.74) is 2.42. The molecule has 1 aliphatic rings. The van der Waals surface area contributed by atoms with Gasteiger partial charge in [0.2, 0.25) is 11.8 Å². The number of rotatable bonds is 5. The second-order valence-electron chi connectivity index (χ2n) is 5.60. The van der Waals surface area contributed by atoms with Gasteiger partial charge < -0.3 is 10.2 Å². The van der Waals surface area contributed by atoms with Crippen LogP contribution >= 0.6 is 11.6 Å². The number of nitrogens with one attached hydrogen (secondary N) is 2. The van der Waals surface area contributed by atoms with Crippen LogP contribution in [0.15, 0.2) is 24.3 Å². The molecule has 0 aromatic heterocycles. The molecule has 0 spiro atoms. The quantitative estimate of drug-likeness (QED) is 0.559. The highest BCUT2D eigenvalue weighted by molar-refractivity contribution is 6.30. The van der Waals surface area contributed by atoms with Crippen LogP contribution in [0.2, 0.25) is 5.02 Å². The fourth-order valence-corrected chi connectivity index (χ4v) is 3.08. The summed E-state index contributed by atoms with van der Waals surface area (Å²) >= 11 is 5.93. The van der Waals surface area contributed by atoms with Crippen molar-refractivity contribution in [1.82, 2.24) is 15.7 Å². The summed E-state index contributed by atoms with van der Waals surface area (Å²) in [7, 11) is 0. The van der Waals surface area contributed by atoms with E-state index in [0.717, 1.165) is 18.7 Å². The smallest absolute Gasteiger partial charge is 0.247 e. The van der Waals surface area contributed by atoms with Crippen LogP contribution in [0.5, 0.6) is 0 Å². The van der Waals surface area contributed by atoms with Crippen molar-refractivity contribution in [3.05, 3.63) is 34.9 Å². The second-order valence-corrected chi connectivity index (χ2v) is 6.03. The van der Waals surface area contributed by atoms with Gasteiger partial charge in [-0.25, -0.2) is 5.48 Å². The minimum absolute atomic E-state index is 0.0933. The molecule has 6 nitrogen and oxygen atoms in total. The van der Waals surface area contributed by atoms with Crippen molar-refractivity contribution in [2.45, 2.75) is 19.3 Å². The number of halogens is 1. The lowest BCUT2D eigenvalue weighted by Gasteiger charge is -2.33. The van der Waals surface area contributed by atoms with Crippen molar-refractivity contribution in [1.29, 1.82) is 0 Å². The summed E-state index contributed by atoms with van der Waals surface area (Å²) in [6, 6.07) is 6.94. The van der Waals surface area contributed by atoms with Crippen molar-refractivity contribution in [2.24, 2.45) is 5.92 Å². The van der Waals surface area contributed by atoms with Gasteiger partial charge in [0, 0.05) is 31.2 Å². The molecule has 0 unspecified atom stereocenters. The van der Waals surface area contributed by atoms with E-state index in [-0.39, 0.29) is 5.91 Å². The molecule has 2 rings (SSSR count). The Morgan fingerprint density at radius 2 is 1.91 bits per heavy atom. The van der Waals surface area contributed by atoms with E-state index in [1.54, 1.807) is 34.6 Å². The summed E-state index contributed by atoms with van der Waals surface area (Å²) < 4.78 is 0. The zero-order valence-electron chi connectivity index (χ0n) is 13.1. The summed E-state index contributed by atoms with van der Waals surface area (Å²) in [6.45, 7) is 4.53. The molecule has 0 aliphatic carbocycles. The maximum atomic E-state index is 13.0. The standard InChI is InChI=1S/C16H22ClN3O3/c1-2-13(15(21)19-23)14(11-3-5-12(17)6-4-11)16(22)20-9-7-18-8-10-20/h3-6,13-14,18,23H,2,7-10H2,1H3,(H,19,21)/t13-,14+/m0/s1. The van der Waals surface area contributed by atoms with E-state index in [0.29, 0.717) is 24.5 Å². The Kier molecular flexibility index (Phi) is 6.38. The molecule has 0 saturated carbocycles. The van der Waals surface area contributed by atoms with Gasteiger partial charge in [-0.05, 0) is 24.1 Å². The van der Waals surface area contributed by atoms with Crippen molar-refractivity contribution >= 4 is 23.4 Å². The largest absolute Gasteiger partial charge is 0.340 e. The lowest BCUT2D eigenvalue weighted by molar-refractivity contribution is -0.142. The molecule has 23 heavy (non-hydrogen) atoms. The monoisotopic (exact) mass is 339 g/mol. The highest BCUT2D eigenvalue weighted by Crippen LogP contribution is 2.30. The molecule has 1 aromatic carbocycles. The van der Waals surface area contributed by atoms with Crippen LogP contribution in [-0.2, 0) is 9.59 Å². The van der Waals surface area contributed by atoms with Crippen LogP contribution < -0.4 is 10.8 Å². The van der Waals surface area contributed by atoms with Gasteiger partial charge in [-0.1, -0.05) is 30.7 Å². The lowest BCUT2D eigenvalue weighted by Crippen LogP contribution is -2.50. The van der Waals surface area contributed by atoms with Gasteiger partial charge >= 0.3 is 0 Å². The first-order valence-corrected chi connectivity index (χ1v) is 8.15. The SMILES string of the molecule is CC[C@H](C(=O)NO)[C@H](C(=O)N1CCNCC1)c1ccc(Cl)cc1. The van der Waals surface area contributed by atoms with Crippen LogP contribution in [0, 0.1) is 5.92 Å². The van der Waals surface area contributed by atoms with Crippen LogP contribution in [0.4, 0.5) is 0 Å². The normalized spacial score (nSPS) is 17.4. The third-order valence-corrected chi connectivity index (χ3v) is 4.46. The first kappa shape index (κ1) is 17.7. The van der Waals surface area contributed by atoms with E-state index in [1.807, 2.05) is 6.92 Å². The second kappa shape index (κ2) is 8.29. The van der Waals surface area contributed by atoms with E-state index in [4.69, 9.17) is 16.8 Å². The van der Waals surface area contributed by atoms with Crippen molar-refractivity contribution in [2.75, 3.05) is 26.2 Å². The van der Waals surface area contributed by atoms with E-state index in [1.165, 1.54) is 0 Å². The minimum Gasteiger partial charge on any atom is -0.340 e. The molecule has 1 heterocycles. The number of carbonyl (C=O) groups is 2. The average molecular weight is 340 g/mol. The molecular weight excluding hydrogens is 318 g/mol. The van der Waals surface area contributed by atoms with Crippen LogP contribution in [-0.4, -0.2) is 48.1 Å². The van der Waals surface area contributed by atoms with E-state index >= 15 is 0 Å². The molecule has 2 atom stereocenters. The Morgan fingerprint density at radius 1 is 1.30 bits per heavy atom. The number of nitrogens with zero attached hydrogens (tertiary/aromatic N) is 1. The van der Waals surface area contributed by atoms with Crippen molar-refractivity contribution in [3.8, 4) is 0 Å². The van der Waals surface area contributed by atoms with Crippen molar-refractivity contribution in [3.63, 3.8) is 0 Å². The maximum absolute atomic E-state index is 13.0. The number of amides is 2. The van der Waals surface area contributed by atoms with Crippen molar-refractivity contribution < 1.29 is 14.8 Å². The molecule has 126 valence electrons. The fraction of sp³-hybridized carbons (Fsp3) is 0.500. The molecule has 7 heteroatoms. The first-order chi connectivity index (χ1) is 11.1. The minimum atomic E-state index is -0.637. The van der Waals surface area contributed by atoms with Gasteiger partial charge in [0.25, 0.3) is 0 Å². The number of hydroxylamine groups is 1. The predicted octanol–water partition coefficient (Wildman–Crippen LogP) is 1.39. The molecule has 1 saturated heterocycles. The molecule has 0 bridgehead atoms. The third kappa shape index (κ3) is 4.22. The number of hydrogen-bond donors (Lipinski definition) is 3. The van der Waals surface area contributed by atoms with E-state index in [9.17, 15) is 9.59 Å². The number of carbonyl (C=O) groups excluding carboxylic acids is 2. The molecule has 3 N–H and O–H groups in total. The molecule has 1 aliphatic heterocycles. The highest BCUT2D eigenvalue weighted by atomic mass is 35.5. The predicted molar refractivity (Wildman–Crippen MR) is 87.4 cm³/mol. The molecule has 2 amide bonds. The van der Waals surface area contributed by atoms with Gasteiger partial charge in [-0.3, -0.25) is 14.8 Å². The summed E-state index contributed by atoms with van der Waals surface area (Å²) in [6.07, 6.45) is 0.442. The van der Waals surface area contributed by atoms with Gasteiger partial charge in [0.15, 0.2) is 0 Å².